The standard InChI is InChI=1S/C11H9NO3.C7H6BrNO2.C4H4BO3.C2H4Cl2/c1-8-2-3-10(12(13)14)6-11(8)9-4-5-15-7-9;1-5-2-3-6(9(10)11)4-7(5)8;6-5(7)4-1-2-8-3-4;1-2(3)4/h2-7H,1H3;2-4H,1H3;1,3,6-7H;2H,1H3/q;;+1;. The van der Waals surface area contributed by atoms with Gasteiger partial charge in [0.15, 0.2) is 11.5 Å². The van der Waals surface area contributed by atoms with Crippen LogP contribution in [0.4, 0.5) is 11.4 Å². The highest BCUT2D eigenvalue weighted by molar-refractivity contribution is 9.10. The predicted octanol–water partition coefficient (Wildman–Crippen LogP) is 6.87. The number of nitro groups is 2. The highest BCUT2D eigenvalue weighted by Crippen LogP contribution is 2.27. The van der Waals surface area contributed by atoms with E-state index < -0.39 is 17.0 Å². The predicted molar refractivity (Wildman–Crippen MR) is 149 cm³/mol. The first-order valence-electron chi connectivity index (χ1n) is 10.6. The van der Waals surface area contributed by atoms with E-state index in [0.717, 1.165) is 26.7 Å². The molecule has 4 rings (SSSR count). The summed E-state index contributed by atoms with van der Waals surface area (Å²) in [5, 5.41) is 37.6. The molecule has 2 aromatic carbocycles. The van der Waals surface area contributed by atoms with Crippen LogP contribution in [0.2, 0.25) is 0 Å². The van der Waals surface area contributed by atoms with E-state index in [-0.39, 0.29) is 16.2 Å². The largest absolute Gasteiger partial charge is 0.586 e. The van der Waals surface area contributed by atoms with Gasteiger partial charge in [-0.3, -0.25) is 25.0 Å². The summed E-state index contributed by atoms with van der Waals surface area (Å²) in [6, 6.07) is 11.3. The molecule has 14 heteroatoms. The molecule has 3 aromatic rings. The summed E-state index contributed by atoms with van der Waals surface area (Å²) in [6.07, 6.45) is 8.03. The van der Waals surface area contributed by atoms with Crippen molar-refractivity contribution in [2.45, 2.75) is 25.6 Å². The second-order valence-electron chi connectivity index (χ2n) is 7.35. The van der Waals surface area contributed by atoms with E-state index in [4.69, 9.17) is 37.7 Å². The quantitative estimate of drug-likeness (QED) is 0.104. The van der Waals surface area contributed by atoms with Gasteiger partial charge in [0, 0.05) is 34.3 Å². The zero-order valence-corrected chi connectivity index (χ0v) is 23.5. The van der Waals surface area contributed by atoms with E-state index in [9.17, 15) is 20.2 Å². The number of hydrogen-bond donors (Lipinski definition) is 2. The molecule has 200 valence electrons. The van der Waals surface area contributed by atoms with E-state index in [1.54, 1.807) is 43.7 Å². The minimum absolute atomic E-state index is 0.0943. The van der Waals surface area contributed by atoms with Crippen LogP contribution >= 0.6 is 39.1 Å². The number of furan rings is 1. The monoisotopic (exact) mass is 627 g/mol. The van der Waals surface area contributed by atoms with Crippen molar-refractivity contribution >= 4 is 57.6 Å². The van der Waals surface area contributed by atoms with Crippen LogP contribution in [0, 0.1) is 40.3 Å². The summed E-state index contributed by atoms with van der Waals surface area (Å²) in [6.45, 7) is 5.49. The lowest BCUT2D eigenvalue weighted by molar-refractivity contribution is -0.385. The first kappa shape index (κ1) is 32.8. The molecule has 2 N–H and O–H groups in total. The summed E-state index contributed by atoms with van der Waals surface area (Å²) in [5.74, 6) is 0. The normalized spacial score (nSPS) is 10.8. The smallest absolute Gasteiger partial charge is 0.472 e. The zero-order chi connectivity index (χ0) is 28.8. The van der Waals surface area contributed by atoms with Crippen molar-refractivity contribution in [1.29, 1.82) is 0 Å². The fraction of sp³-hybridized carbons (Fsp3) is 0.167. The molecule has 1 aromatic heterocycles. The van der Waals surface area contributed by atoms with E-state index >= 15 is 0 Å². The minimum atomic E-state index is -1.44. The van der Waals surface area contributed by atoms with E-state index in [1.807, 2.05) is 13.8 Å². The van der Waals surface area contributed by atoms with Gasteiger partial charge in [0.25, 0.3) is 17.6 Å². The van der Waals surface area contributed by atoms with Crippen LogP contribution in [-0.2, 0) is 4.74 Å². The molecule has 0 amide bonds. The van der Waals surface area contributed by atoms with Gasteiger partial charge in [-0.15, -0.1) is 23.2 Å². The molecule has 0 atom stereocenters. The van der Waals surface area contributed by atoms with Gasteiger partial charge in [-0.2, -0.15) is 0 Å². The number of non-ortho nitro benzene ring substituents is 2. The van der Waals surface area contributed by atoms with Crippen molar-refractivity contribution in [1.82, 2.24) is 0 Å². The number of benzene rings is 2. The molecule has 0 saturated heterocycles. The fourth-order valence-corrected chi connectivity index (χ4v) is 2.89. The molecule has 0 bridgehead atoms. The van der Waals surface area contributed by atoms with Gasteiger partial charge in [-0.25, -0.2) is 0 Å². The number of halogens is 3. The van der Waals surface area contributed by atoms with Gasteiger partial charge in [0.05, 0.1) is 22.4 Å². The number of aryl methyl sites for hydroxylation is 2. The van der Waals surface area contributed by atoms with Gasteiger partial charge in [0.1, 0.15) is 4.84 Å². The minimum Gasteiger partial charge on any atom is -0.472 e. The van der Waals surface area contributed by atoms with Gasteiger partial charge < -0.3 is 14.5 Å². The molecule has 0 radical (unpaired) electrons. The number of nitrogens with zero attached hydrogens (tertiary/aromatic N) is 2. The number of rotatable bonds is 4. The number of ether oxygens (including phenoxy) is 1. The lowest BCUT2D eigenvalue weighted by Crippen LogP contribution is -2.12. The Morgan fingerprint density at radius 2 is 1.55 bits per heavy atom. The summed E-state index contributed by atoms with van der Waals surface area (Å²) in [7, 11) is -1.44. The second kappa shape index (κ2) is 16.6. The lowest BCUT2D eigenvalue weighted by Gasteiger charge is -2.01. The molecular formula is C24H23BBrCl2N2O8+. The Kier molecular flexibility index (Phi) is 14.3. The van der Waals surface area contributed by atoms with E-state index in [2.05, 4.69) is 26.9 Å². The maximum atomic E-state index is 10.6. The van der Waals surface area contributed by atoms with Crippen molar-refractivity contribution in [2.24, 2.45) is 0 Å². The number of nitro benzene ring substituents is 2. The SMILES string of the molecule is CC(Cl)Cl.Cc1ccc([N+](=O)[O-])cc1-c1ccoc1.Cc1ccc([N+](=O)[O-])cc1Br.OB(O)C1=CO[C+]=C1. The van der Waals surface area contributed by atoms with Crippen LogP contribution in [0.15, 0.2) is 81.7 Å². The number of alkyl halides is 2. The highest BCUT2D eigenvalue weighted by Gasteiger charge is 2.26. The van der Waals surface area contributed by atoms with Gasteiger partial charge >= 0.3 is 7.12 Å². The van der Waals surface area contributed by atoms with E-state index in [0.29, 0.717) is 5.47 Å². The van der Waals surface area contributed by atoms with Crippen LogP contribution in [-0.4, -0.2) is 31.8 Å². The summed E-state index contributed by atoms with van der Waals surface area (Å²) in [4.78, 5) is 19.8. The Bertz CT molecular complexity index is 1270. The molecule has 0 fully saturated rings. The van der Waals surface area contributed by atoms with Crippen LogP contribution in [0.25, 0.3) is 11.1 Å². The third kappa shape index (κ3) is 11.9. The first-order valence-corrected chi connectivity index (χ1v) is 12.3. The Labute approximate surface area is 237 Å². The summed E-state index contributed by atoms with van der Waals surface area (Å²) >= 11 is 13.3. The van der Waals surface area contributed by atoms with Crippen molar-refractivity contribution in [2.75, 3.05) is 0 Å². The average molecular weight is 629 g/mol. The van der Waals surface area contributed by atoms with Gasteiger partial charge in [-0.05, 0) is 43.5 Å². The maximum Gasteiger partial charge on any atom is 0.586 e. The van der Waals surface area contributed by atoms with Crippen LogP contribution in [0.1, 0.15) is 18.1 Å². The lowest BCUT2D eigenvalue weighted by atomic mass is 9.81. The number of hydrogen-bond acceptors (Lipinski definition) is 8. The molecule has 10 nitrogen and oxygen atoms in total. The molecule has 2 heterocycles. The molecule has 38 heavy (non-hydrogen) atoms. The Balaban J connectivity index is 0.000000277. The Morgan fingerprint density at radius 1 is 1.00 bits per heavy atom. The third-order valence-electron chi connectivity index (χ3n) is 4.42. The van der Waals surface area contributed by atoms with Crippen LogP contribution in [0.3, 0.4) is 0 Å². The van der Waals surface area contributed by atoms with Crippen molar-refractivity contribution in [3.05, 3.63) is 115 Å². The number of allylic oxidation sites excluding steroid dienone is 2. The summed E-state index contributed by atoms with van der Waals surface area (Å²) in [5.41, 5.74) is 4.20. The second-order valence-corrected chi connectivity index (χ2v) is 9.74. The average Bonchev–Trinajstić information content (AvgIpc) is 3.56. The first-order chi connectivity index (χ1) is 17.8. The van der Waals surface area contributed by atoms with Crippen molar-refractivity contribution in [3.8, 4) is 11.1 Å². The van der Waals surface area contributed by atoms with E-state index in [1.165, 1.54) is 30.5 Å². The maximum absolute atomic E-state index is 10.6. The van der Waals surface area contributed by atoms with Gasteiger partial charge in [-0.1, -0.05) is 28.1 Å². The highest BCUT2D eigenvalue weighted by atomic mass is 79.9. The molecule has 0 unspecified atom stereocenters. The van der Waals surface area contributed by atoms with Crippen molar-refractivity contribution in [3.63, 3.8) is 0 Å². The molecule has 1 aliphatic rings. The molecule has 1 aliphatic heterocycles. The molecule has 0 saturated carbocycles. The molecular weight excluding hydrogens is 606 g/mol. The van der Waals surface area contributed by atoms with Crippen molar-refractivity contribution < 1.29 is 29.0 Å². The van der Waals surface area contributed by atoms with Crippen LogP contribution in [0.5, 0.6) is 0 Å². The topological polar surface area (TPSA) is 149 Å². The zero-order valence-electron chi connectivity index (χ0n) is 20.4. The summed E-state index contributed by atoms with van der Waals surface area (Å²) < 4.78 is 10.2. The Hall–Kier alpha value is -3.25. The van der Waals surface area contributed by atoms with Gasteiger partial charge in [0.2, 0.25) is 6.26 Å². The molecule has 0 aliphatic carbocycles. The Morgan fingerprint density at radius 3 is 1.95 bits per heavy atom. The van der Waals surface area contributed by atoms with Crippen LogP contribution < -0.4 is 0 Å². The third-order valence-corrected chi connectivity index (χ3v) is 5.27. The fourth-order valence-electron chi connectivity index (χ4n) is 2.52. The molecule has 0 spiro atoms.